The van der Waals surface area contributed by atoms with E-state index in [4.69, 9.17) is 11.6 Å². The third-order valence-corrected chi connectivity index (χ3v) is 4.81. The van der Waals surface area contributed by atoms with Crippen LogP contribution in [0.3, 0.4) is 0 Å². The summed E-state index contributed by atoms with van der Waals surface area (Å²) in [6, 6.07) is 10.8. The number of carbonyl (C=O) groups excluding carboxylic acids is 1. The summed E-state index contributed by atoms with van der Waals surface area (Å²) < 4.78 is 0. The minimum atomic E-state index is -1.16. The lowest BCUT2D eigenvalue weighted by molar-refractivity contribution is -0.142. The molecule has 6 heteroatoms. The second-order valence-electron chi connectivity index (χ2n) is 6.33. The molecule has 0 radical (unpaired) electrons. The Bertz CT molecular complexity index is 745. The summed E-state index contributed by atoms with van der Waals surface area (Å²) in [6.45, 7) is 5.58. The number of aromatic nitrogens is 1. The smallest absolute Gasteiger partial charge is 0.256 e. The highest BCUT2D eigenvalue weighted by molar-refractivity contribution is 6.30. The maximum absolute atomic E-state index is 12.5. The Balaban J connectivity index is 1.56. The molecule has 2 heterocycles. The van der Waals surface area contributed by atoms with Gasteiger partial charge in [-0.2, -0.15) is 0 Å². The fourth-order valence-corrected chi connectivity index (χ4v) is 3.21. The molecule has 1 N–H and O–H groups in total. The second-order valence-corrected chi connectivity index (χ2v) is 6.76. The Labute approximate surface area is 152 Å². The zero-order valence-corrected chi connectivity index (χ0v) is 15.0. The van der Waals surface area contributed by atoms with Gasteiger partial charge in [0.15, 0.2) is 6.10 Å². The molecule has 3 rings (SSSR count). The molecule has 1 aliphatic heterocycles. The topological polar surface area (TPSA) is 56.7 Å². The first-order valence-corrected chi connectivity index (χ1v) is 8.77. The van der Waals surface area contributed by atoms with Gasteiger partial charge in [-0.15, -0.1) is 0 Å². The minimum Gasteiger partial charge on any atom is -0.378 e. The SMILES string of the molecule is Cc1cccnc1CN1CCN(C(=O)C(O)c2cccc(Cl)c2)CC1. The van der Waals surface area contributed by atoms with Crippen LogP contribution in [0.15, 0.2) is 42.6 Å². The Morgan fingerprint density at radius 2 is 2.00 bits per heavy atom. The zero-order valence-electron chi connectivity index (χ0n) is 14.2. The number of nitrogens with zero attached hydrogens (tertiary/aromatic N) is 3. The molecule has 1 aromatic heterocycles. The molecule has 2 aromatic rings. The van der Waals surface area contributed by atoms with E-state index in [9.17, 15) is 9.90 Å². The largest absolute Gasteiger partial charge is 0.378 e. The highest BCUT2D eigenvalue weighted by Gasteiger charge is 2.27. The van der Waals surface area contributed by atoms with Crippen LogP contribution in [0.25, 0.3) is 0 Å². The Hall–Kier alpha value is -1.95. The second kappa shape index (κ2) is 7.95. The number of rotatable bonds is 4. The molecule has 0 bridgehead atoms. The summed E-state index contributed by atoms with van der Waals surface area (Å²) in [4.78, 5) is 21.0. The normalized spacial score (nSPS) is 16.7. The molecule has 1 aromatic carbocycles. The summed E-state index contributed by atoms with van der Waals surface area (Å²) in [5.41, 5.74) is 2.78. The molecule has 1 aliphatic rings. The van der Waals surface area contributed by atoms with Gasteiger partial charge in [0, 0.05) is 43.9 Å². The van der Waals surface area contributed by atoms with E-state index in [0.29, 0.717) is 23.7 Å². The molecule has 5 nitrogen and oxygen atoms in total. The van der Waals surface area contributed by atoms with Crippen LogP contribution in [0, 0.1) is 6.92 Å². The third kappa shape index (κ3) is 4.37. The van der Waals surface area contributed by atoms with Crippen molar-refractivity contribution in [2.24, 2.45) is 0 Å². The number of aliphatic hydroxyl groups excluding tert-OH is 1. The van der Waals surface area contributed by atoms with E-state index in [1.165, 1.54) is 5.56 Å². The lowest BCUT2D eigenvalue weighted by Crippen LogP contribution is -2.49. The molecular weight excluding hydrogens is 338 g/mol. The third-order valence-electron chi connectivity index (χ3n) is 4.57. The summed E-state index contributed by atoms with van der Waals surface area (Å²) >= 11 is 5.94. The number of halogens is 1. The predicted octanol–water partition coefficient (Wildman–Crippen LogP) is 2.42. The first kappa shape index (κ1) is 17.9. The minimum absolute atomic E-state index is 0.268. The van der Waals surface area contributed by atoms with E-state index in [1.54, 1.807) is 29.2 Å². The van der Waals surface area contributed by atoms with Crippen molar-refractivity contribution in [3.63, 3.8) is 0 Å². The van der Waals surface area contributed by atoms with Crippen LogP contribution < -0.4 is 0 Å². The van der Waals surface area contributed by atoms with Crippen LogP contribution in [-0.2, 0) is 11.3 Å². The van der Waals surface area contributed by atoms with E-state index in [-0.39, 0.29) is 5.91 Å². The van der Waals surface area contributed by atoms with Gasteiger partial charge >= 0.3 is 0 Å². The number of amides is 1. The van der Waals surface area contributed by atoms with Gasteiger partial charge in [-0.05, 0) is 36.2 Å². The van der Waals surface area contributed by atoms with Crippen LogP contribution in [0.5, 0.6) is 0 Å². The quantitative estimate of drug-likeness (QED) is 0.910. The van der Waals surface area contributed by atoms with E-state index in [2.05, 4.69) is 22.9 Å². The zero-order chi connectivity index (χ0) is 17.8. The van der Waals surface area contributed by atoms with E-state index in [0.717, 1.165) is 25.3 Å². The molecule has 0 saturated carbocycles. The van der Waals surface area contributed by atoms with Crippen LogP contribution in [0.4, 0.5) is 0 Å². The van der Waals surface area contributed by atoms with Crippen molar-refractivity contribution in [3.05, 3.63) is 64.4 Å². The monoisotopic (exact) mass is 359 g/mol. The van der Waals surface area contributed by atoms with Gasteiger partial charge in [0.1, 0.15) is 0 Å². The molecule has 1 unspecified atom stereocenters. The number of pyridine rings is 1. The first-order valence-electron chi connectivity index (χ1n) is 8.40. The molecule has 1 amide bonds. The van der Waals surface area contributed by atoms with Gasteiger partial charge in [-0.25, -0.2) is 0 Å². The molecule has 1 saturated heterocycles. The van der Waals surface area contributed by atoms with Crippen molar-refractivity contribution in [2.75, 3.05) is 26.2 Å². The van der Waals surface area contributed by atoms with Gasteiger partial charge in [-0.3, -0.25) is 14.7 Å². The van der Waals surface area contributed by atoms with Crippen molar-refractivity contribution in [3.8, 4) is 0 Å². The average molecular weight is 360 g/mol. The maximum atomic E-state index is 12.5. The summed E-state index contributed by atoms with van der Waals surface area (Å²) in [6.07, 6.45) is 0.645. The fourth-order valence-electron chi connectivity index (χ4n) is 3.01. The van der Waals surface area contributed by atoms with Gasteiger partial charge in [0.05, 0.1) is 5.69 Å². The van der Waals surface area contributed by atoms with Crippen molar-refractivity contribution < 1.29 is 9.90 Å². The number of hydrogen-bond donors (Lipinski definition) is 1. The molecule has 0 spiro atoms. The van der Waals surface area contributed by atoms with Gasteiger partial charge in [0.2, 0.25) is 0 Å². The molecule has 1 atom stereocenters. The van der Waals surface area contributed by atoms with E-state index >= 15 is 0 Å². The van der Waals surface area contributed by atoms with Crippen LogP contribution in [0.2, 0.25) is 5.02 Å². The van der Waals surface area contributed by atoms with Gasteiger partial charge in [-0.1, -0.05) is 29.8 Å². The Kier molecular flexibility index (Phi) is 5.68. The standard InChI is InChI=1S/C19H22ClN3O2/c1-14-4-3-7-21-17(14)13-22-8-10-23(11-9-22)19(25)18(24)15-5-2-6-16(20)12-15/h2-7,12,18,24H,8-11,13H2,1H3. The number of aryl methyl sites for hydroxylation is 1. The molecule has 132 valence electrons. The predicted molar refractivity (Wildman–Crippen MR) is 97.2 cm³/mol. The molecule has 0 aliphatic carbocycles. The highest BCUT2D eigenvalue weighted by Crippen LogP contribution is 2.20. The highest BCUT2D eigenvalue weighted by atomic mass is 35.5. The molecule has 25 heavy (non-hydrogen) atoms. The number of piperazine rings is 1. The summed E-state index contributed by atoms with van der Waals surface area (Å²) in [5, 5.41) is 10.8. The summed E-state index contributed by atoms with van der Waals surface area (Å²) in [7, 11) is 0. The van der Waals surface area contributed by atoms with Gasteiger partial charge in [0.25, 0.3) is 5.91 Å². The van der Waals surface area contributed by atoms with Crippen LogP contribution >= 0.6 is 11.6 Å². The summed E-state index contributed by atoms with van der Waals surface area (Å²) in [5.74, 6) is -0.268. The number of hydrogen-bond acceptors (Lipinski definition) is 4. The number of benzene rings is 1. The van der Waals surface area contributed by atoms with Crippen LogP contribution in [0.1, 0.15) is 22.9 Å². The Morgan fingerprint density at radius 1 is 1.24 bits per heavy atom. The van der Waals surface area contributed by atoms with Crippen LogP contribution in [-0.4, -0.2) is 52.0 Å². The lowest BCUT2D eigenvalue weighted by atomic mass is 10.1. The van der Waals surface area contributed by atoms with Crippen molar-refractivity contribution >= 4 is 17.5 Å². The number of carbonyl (C=O) groups is 1. The number of aliphatic hydroxyl groups is 1. The van der Waals surface area contributed by atoms with Crippen molar-refractivity contribution in [1.82, 2.24) is 14.8 Å². The molecular formula is C19H22ClN3O2. The fraction of sp³-hybridized carbons (Fsp3) is 0.368. The maximum Gasteiger partial charge on any atom is 0.256 e. The Morgan fingerprint density at radius 3 is 2.68 bits per heavy atom. The van der Waals surface area contributed by atoms with E-state index in [1.807, 2.05) is 12.3 Å². The van der Waals surface area contributed by atoms with E-state index < -0.39 is 6.10 Å². The lowest BCUT2D eigenvalue weighted by Gasteiger charge is -2.35. The molecule has 1 fully saturated rings. The first-order chi connectivity index (χ1) is 12.0. The van der Waals surface area contributed by atoms with Gasteiger partial charge < -0.3 is 10.0 Å². The average Bonchev–Trinajstić information content (AvgIpc) is 2.63. The van der Waals surface area contributed by atoms with Crippen molar-refractivity contribution in [2.45, 2.75) is 19.6 Å². The van der Waals surface area contributed by atoms with Crippen molar-refractivity contribution in [1.29, 1.82) is 0 Å².